The van der Waals surface area contributed by atoms with Crippen LogP contribution in [-0.2, 0) is 11.0 Å². The van der Waals surface area contributed by atoms with Crippen LogP contribution in [0.25, 0.3) is 0 Å². The molecule has 4 nitrogen and oxygen atoms in total. The molecule has 1 saturated heterocycles. The number of carbonyl (C=O) groups is 1. The van der Waals surface area contributed by atoms with Crippen molar-refractivity contribution in [1.82, 2.24) is 4.90 Å². The fourth-order valence-electron chi connectivity index (χ4n) is 2.58. The molecule has 1 amide bonds. The molecule has 1 aliphatic rings. The maximum Gasteiger partial charge on any atom is 0.418 e. The van der Waals surface area contributed by atoms with Crippen LogP contribution in [0, 0.1) is 5.92 Å². The van der Waals surface area contributed by atoms with Gasteiger partial charge < -0.3 is 15.3 Å². The quantitative estimate of drug-likeness (QED) is 0.877. The lowest BCUT2D eigenvalue weighted by molar-refractivity contribution is -0.137. The molecule has 22 heavy (non-hydrogen) atoms. The van der Waals surface area contributed by atoms with Crippen molar-refractivity contribution in [3.8, 4) is 0 Å². The molecule has 1 atom stereocenters. The van der Waals surface area contributed by atoms with Crippen molar-refractivity contribution < 1.29 is 23.1 Å². The maximum absolute atomic E-state index is 12.8. The molecule has 1 unspecified atom stereocenters. The SMILES string of the molecule is O=C(CCN1CCC(CO)C1)Nc1ccccc1C(F)(F)F. The second-order valence-electron chi connectivity index (χ2n) is 5.48. The van der Waals surface area contributed by atoms with Gasteiger partial charge in [-0.05, 0) is 31.0 Å². The Labute approximate surface area is 126 Å². The van der Waals surface area contributed by atoms with Crippen LogP contribution < -0.4 is 5.32 Å². The van der Waals surface area contributed by atoms with Crippen molar-refractivity contribution in [2.75, 3.05) is 31.6 Å². The number of para-hydroxylation sites is 1. The van der Waals surface area contributed by atoms with Crippen molar-refractivity contribution in [3.63, 3.8) is 0 Å². The van der Waals surface area contributed by atoms with Gasteiger partial charge >= 0.3 is 6.18 Å². The number of aliphatic hydroxyl groups is 1. The number of hydrogen-bond donors (Lipinski definition) is 2. The highest BCUT2D eigenvalue weighted by molar-refractivity contribution is 5.91. The third-order valence-electron chi connectivity index (χ3n) is 3.79. The van der Waals surface area contributed by atoms with Crippen LogP contribution in [0.2, 0.25) is 0 Å². The Balaban J connectivity index is 1.88. The Morgan fingerprint density at radius 1 is 1.36 bits per heavy atom. The van der Waals surface area contributed by atoms with Crippen LogP contribution in [0.5, 0.6) is 0 Å². The Bertz CT molecular complexity index is 520. The highest BCUT2D eigenvalue weighted by Crippen LogP contribution is 2.34. The molecule has 2 N–H and O–H groups in total. The summed E-state index contributed by atoms with van der Waals surface area (Å²) in [6.45, 7) is 2.14. The first-order valence-corrected chi connectivity index (χ1v) is 7.19. The monoisotopic (exact) mass is 316 g/mol. The van der Waals surface area contributed by atoms with Crippen molar-refractivity contribution in [3.05, 3.63) is 29.8 Å². The number of amides is 1. The van der Waals surface area contributed by atoms with E-state index in [1.807, 2.05) is 4.90 Å². The van der Waals surface area contributed by atoms with Crippen LogP contribution in [0.1, 0.15) is 18.4 Å². The van der Waals surface area contributed by atoms with E-state index in [4.69, 9.17) is 5.11 Å². The van der Waals surface area contributed by atoms with Crippen LogP contribution in [-0.4, -0.2) is 42.2 Å². The number of likely N-dealkylation sites (tertiary alicyclic amines) is 1. The Morgan fingerprint density at radius 2 is 2.09 bits per heavy atom. The van der Waals surface area contributed by atoms with Crippen molar-refractivity contribution in [1.29, 1.82) is 0 Å². The molecule has 0 aromatic heterocycles. The van der Waals surface area contributed by atoms with Crippen molar-refractivity contribution in [2.45, 2.75) is 19.0 Å². The van der Waals surface area contributed by atoms with Crippen LogP contribution in [0.15, 0.2) is 24.3 Å². The Hall–Kier alpha value is -1.60. The molecule has 1 fully saturated rings. The van der Waals surface area contributed by atoms with Crippen LogP contribution in [0.4, 0.5) is 18.9 Å². The predicted molar refractivity (Wildman–Crippen MR) is 76.3 cm³/mol. The smallest absolute Gasteiger partial charge is 0.396 e. The predicted octanol–water partition coefficient (Wildman–Crippen LogP) is 2.35. The number of benzene rings is 1. The number of alkyl halides is 3. The first-order chi connectivity index (χ1) is 10.4. The van der Waals surface area contributed by atoms with E-state index in [2.05, 4.69) is 5.32 Å². The summed E-state index contributed by atoms with van der Waals surface area (Å²) in [4.78, 5) is 13.9. The number of aliphatic hydroxyl groups excluding tert-OH is 1. The van der Waals surface area contributed by atoms with E-state index in [1.54, 1.807) is 0 Å². The third kappa shape index (κ3) is 4.45. The normalized spacial score (nSPS) is 19.4. The molecule has 0 saturated carbocycles. The first kappa shape index (κ1) is 16.8. The molecule has 122 valence electrons. The summed E-state index contributed by atoms with van der Waals surface area (Å²) in [6, 6.07) is 4.94. The number of hydrogen-bond acceptors (Lipinski definition) is 3. The van der Waals surface area contributed by atoms with E-state index in [-0.39, 0.29) is 24.6 Å². The van der Waals surface area contributed by atoms with Gasteiger partial charge in [-0.15, -0.1) is 0 Å². The minimum atomic E-state index is -4.49. The molecule has 1 aliphatic heterocycles. The van der Waals surface area contributed by atoms with E-state index in [0.717, 1.165) is 25.6 Å². The van der Waals surface area contributed by atoms with Crippen molar-refractivity contribution in [2.24, 2.45) is 5.92 Å². The van der Waals surface area contributed by atoms with E-state index in [9.17, 15) is 18.0 Å². The lowest BCUT2D eigenvalue weighted by atomic mass is 10.1. The summed E-state index contributed by atoms with van der Waals surface area (Å²) in [5.74, 6) is -0.210. The summed E-state index contributed by atoms with van der Waals surface area (Å²) < 4.78 is 38.5. The summed E-state index contributed by atoms with van der Waals surface area (Å²) >= 11 is 0. The largest absolute Gasteiger partial charge is 0.418 e. The third-order valence-corrected chi connectivity index (χ3v) is 3.79. The highest BCUT2D eigenvalue weighted by atomic mass is 19.4. The summed E-state index contributed by atoms with van der Waals surface area (Å²) in [5.41, 5.74) is -1.06. The van der Waals surface area contributed by atoms with Gasteiger partial charge in [0.25, 0.3) is 0 Å². The van der Waals surface area contributed by atoms with Gasteiger partial charge in [-0.3, -0.25) is 4.79 Å². The molecule has 0 bridgehead atoms. The van der Waals surface area contributed by atoms with E-state index in [0.29, 0.717) is 6.54 Å². The second kappa shape index (κ2) is 7.11. The molecule has 2 rings (SSSR count). The zero-order chi connectivity index (χ0) is 16.2. The van der Waals surface area contributed by atoms with Gasteiger partial charge in [-0.25, -0.2) is 0 Å². The van der Waals surface area contributed by atoms with E-state index in [1.165, 1.54) is 18.2 Å². The maximum atomic E-state index is 12.8. The van der Waals surface area contributed by atoms with Gasteiger partial charge in [-0.2, -0.15) is 13.2 Å². The fraction of sp³-hybridized carbons (Fsp3) is 0.533. The molecule has 0 radical (unpaired) electrons. The number of nitrogens with zero attached hydrogens (tertiary/aromatic N) is 1. The first-order valence-electron chi connectivity index (χ1n) is 7.19. The molecule has 1 heterocycles. The summed E-state index contributed by atoms with van der Waals surface area (Å²) in [5, 5.41) is 11.4. The minimum Gasteiger partial charge on any atom is -0.396 e. The molecule has 0 spiro atoms. The Morgan fingerprint density at radius 3 is 2.73 bits per heavy atom. The molecular weight excluding hydrogens is 297 g/mol. The summed E-state index contributed by atoms with van der Waals surface area (Å²) in [6.07, 6.45) is -3.48. The van der Waals surface area contributed by atoms with Gasteiger partial charge in [0.05, 0.1) is 11.3 Å². The lowest BCUT2D eigenvalue weighted by Crippen LogP contribution is -2.27. The van der Waals surface area contributed by atoms with E-state index < -0.39 is 17.6 Å². The summed E-state index contributed by atoms with van der Waals surface area (Å²) in [7, 11) is 0. The average Bonchev–Trinajstić information content (AvgIpc) is 2.92. The number of carbonyl (C=O) groups excluding carboxylic acids is 1. The number of anilines is 1. The molecule has 1 aromatic carbocycles. The molecule has 7 heteroatoms. The van der Waals surface area contributed by atoms with Gasteiger partial charge in [0, 0.05) is 26.1 Å². The van der Waals surface area contributed by atoms with Crippen LogP contribution >= 0.6 is 0 Å². The number of nitrogens with one attached hydrogen (secondary N) is 1. The zero-order valence-electron chi connectivity index (χ0n) is 12.1. The average molecular weight is 316 g/mol. The van der Waals surface area contributed by atoms with Gasteiger partial charge in [0.1, 0.15) is 0 Å². The minimum absolute atomic E-state index is 0.127. The van der Waals surface area contributed by atoms with Crippen molar-refractivity contribution >= 4 is 11.6 Å². The number of halogens is 3. The second-order valence-corrected chi connectivity index (χ2v) is 5.48. The van der Waals surface area contributed by atoms with Gasteiger partial charge in [0.2, 0.25) is 5.91 Å². The number of rotatable bonds is 5. The molecular formula is C15H19F3N2O2. The van der Waals surface area contributed by atoms with Gasteiger partial charge in [-0.1, -0.05) is 12.1 Å². The van der Waals surface area contributed by atoms with E-state index >= 15 is 0 Å². The molecule has 1 aromatic rings. The topological polar surface area (TPSA) is 52.6 Å². The Kier molecular flexibility index (Phi) is 5.42. The fourth-order valence-corrected chi connectivity index (χ4v) is 2.58. The standard InChI is InChI=1S/C15H19F3N2O2/c16-15(17,18)12-3-1-2-4-13(12)19-14(22)6-8-20-7-5-11(9-20)10-21/h1-4,11,21H,5-10H2,(H,19,22). The molecule has 0 aliphatic carbocycles. The highest BCUT2D eigenvalue weighted by Gasteiger charge is 2.33. The lowest BCUT2D eigenvalue weighted by Gasteiger charge is -2.16. The van der Waals surface area contributed by atoms with Crippen LogP contribution in [0.3, 0.4) is 0 Å². The zero-order valence-corrected chi connectivity index (χ0v) is 12.1. The van der Waals surface area contributed by atoms with Gasteiger partial charge in [0.15, 0.2) is 0 Å².